The normalized spacial score (nSPS) is 17.4. The summed E-state index contributed by atoms with van der Waals surface area (Å²) < 4.78 is 45.9. The smallest absolute Gasteiger partial charge is 0.406 e. The summed E-state index contributed by atoms with van der Waals surface area (Å²) in [5.41, 5.74) is -0.414. The molecule has 29 heavy (non-hydrogen) atoms. The summed E-state index contributed by atoms with van der Waals surface area (Å²) in [6.07, 6.45) is -3.48. The number of hydrogen-bond donors (Lipinski definition) is 2. The number of aliphatic hydroxyl groups is 1. The van der Waals surface area contributed by atoms with Crippen LogP contribution in [-0.4, -0.2) is 37.1 Å². The van der Waals surface area contributed by atoms with Gasteiger partial charge in [0.05, 0.1) is 6.54 Å². The van der Waals surface area contributed by atoms with Gasteiger partial charge in [-0.15, -0.1) is 13.2 Å². The maximum Gasteiger partial charge on any atom is 0.573 e. The molecule has 0 bridgehead atoms. The van der Waals surface area contributed by atoms with Crippen LogP contribution in [0.25, 0.3) is 0 Å². The largest absolute Gasteiger partial charge is 0.573 e. The lowest BCUT2D eigenvalue weighted by molar-refractivity contribution is -0.274. The van der Waals surface area contributed by atoms with Crippen molar-refractivity contribution in [2.45, 2.75) is 24.8 Å². The molecule has 1 fully saturated rings. The second kappa shape index (κ2) is 8.84. The van der Waals surface area contributed by atoms with Gasteiger partial charge in [-0.2, -0.15) is 0 Å². The molecule has 8 heteroatoms. The van der Waals surface area contributed by atoms with Crippen LogP contribution in [0.3, 0.4) is 0 Å². The van der Waals surface area contributed by atoms with Gasteiger partial charge < -0.3 is 19.9 Å². The first-order valence-electron chi connectivity index (χ1n) is 9.27. The quantitative estimate of drug-likeness (QED) is 0.765. The maximum atomic E-state index is 12.5. The Morgan fingerprint density at radius 1 is 1.07 bits per heavy atom. The number of hydrogen-bond acceptors (Lipinski definition) is 4. The first kappa shape index (κ1) is 21.1. The van der Waals surface area contributed by atoms with E-state index in [1.807, 2.05) is 30.3 Å². The van der Waals surface area contributed by atoms with Gasteiger partial charge in [0.2, 0.25) is 0 Å². The van der Waals surface area contributed by atoms with E-state index in [-0.39, 0.29) is 18.0 Å². The summed E-state index contributed by atoms with van der Waals surface area (Å²) >= 11 is 0. The third-order valence-electron chi connectivity index (χ3n) is 5.04. The van der Waals surface area contributed by atoms with Gasteiger partial charge >= 0.3 is 6.36 Å². The van der Waals surface area contributed by atoms with Crippen LogP contribution in [0.1, 0.15) is 28.8 Å². The van der Waals surface area contributed by atoms with Gasteiger partial charge in [0.15, 0.2) is 0 Å². The highest BCUT2D eigenvalue weighted by Crippen LogP contribution is 2.35. The Hall–Kier alpha value is -2.58. The molecule has 1 atom stereocenters. The molecule has 1 aliphatic heterocycles. The summed E-state index contributed by atoms with van der Waals surface area (Å²) in [5.74, 6) is -0.997. The molecule has 1 amide bonds. The molecular weight excluding hydrogens is 387 g/mol. The molecule has 0 aliphatic carbocycles. The summed E-state index contributed by atoms with van der Waals surface area (Å²) in [6, 6.07) is 13.7. The summed E-state index contributed by atoms with van der Waals surface area (Å²) in [5, 5.41) is 14.2. The predicted molar refractivity (Wildman–Crippen MR) is 99.3 cm³/mol. The van der Waals surface area contributed by atoms with Gasteiger partial charge in [0, 0.05) is 18.8 Å². The third kappa shape index (κ3) is 5.48. The maximum absolute atomic E-state index is 12.5. The standard InChI is InChI=1S/C21H22F3NO4/c22-21(23,24)29-18-8-6-15(7-9-18)19(26)25-14-20(27,16-4-2-1-3-5-16)17-10-12-28-13-11-17/h1-9,17,27H,10-14H2,(H,25,26)/t20-/m0/s1. The molecule has 2 aromatic rings. The second-order valence-electron chi connectivity index (χ2n) is 6.93. The number of ether oxygens (including phenoxy) is 2. The first-order valence-corrected chi connectivity index (χ1v) is 9.27. The van der Waals surface area contributed by atoms with E-state index >= 15 is 0 Å². The van der Waals surface area contributed by atoms with Gasteiger partial charge in [-0.05, 0) is 48.6 Å². The summed E-state index contributed by atoms with van der Waals surface area (Å²) in [4.78, 5) is 12.5. The molecule has 2 aromatic carbocycles. The molecular formula is C21H22F3NO4. The lowest BCUT2D eigenvalue weighted by Gasteiger charge is -2.39. The van der Waals surface area contributed by atoms with Crippen LogP contribution < -0.4 is 10.1 Å². The Balaban J connectivity index is 1.71. The lowest BCUT2D eigenvalue weighted by atomic mass is 9.77. The molecule has 0 aromatic heterocycles. The molecule has 1 saturated heterocycles. The number of carbonyl (C=O) groups is 1. The van der Waals surface area contributed by atoms with Crippen molar-refractivity contribution in [3.8, 4) is 5.75 Å². The number of benzene rings is 2. The van der Waals surface area contributed by atoms with Gasteiger partial charge in [0.25, 0.3) is 5.91 Å². The van der Waals surface area contributed by atoms with Crippen molar-refractivity contribution < 1.29 is 32.5 Å². The van der Waals surface area contributed by atoms with Crippen LogP contribution in [0.5, 0.6) is 5.75 Å². The van der Waals surface area contributed by atoms with Crippen LogP contribution in [0.2, 0.25) is 0 Å². The third-order valence-corrected chi connectivity index (χ3v) is 5.04. The SMILES string of the molecule is O=C(NC[C@](O)(c1ccccc1)C1CCOCC1)c1ccc(OC(F)(F)F)cc1. The highest BCUT2D eigenvalue weighted by atomic mass is 19.4. The van der Waals surface area contributed by atoms with Crippen LogP contribution >= 0.6 is 0 Å². The van der Waals surface area contributed by atoms with Crippen LogP contribution in [0.15, 0.2) is 54.6 Å². The van der Waals surface area contributed by atoms with Gasteiger partial charge in [-0.3, -0.25) is 4.79 Å². The van der Waals surface area contributed by atoms with E-state index < -0.39 is 23.6 Å². The minimum absolute atomic E-state index is 0.0265. The van der Waals surface area contributed by atoms with Crippen LogP contribution in [0, 0.1) is 5.92 Å². The van der Waals surface area contributed by atoms with Crippen molar-refractivity contribution in [2.75, 3.05) is 19.8 Å². The zero-order chi connectivity index (χ0) is 20.9. The molecule has 0 unspecified atom stereocenters. The van der Waals surface area contributed by atoms with E-state index in [2.05, 4.69) is 10.1 Å². The Morgan fingerprint density at radius 3 is 2.28 bits per heavy atom. The molecule has 1 heterocycles. The number of nitrogens with one attached hydrogen (secondary N) is 1. The predicted octanol–water partition coefficient (Wildman–Crippen LogP) is 3.63. The van der Waals surface area contributed by atoms with Crippen molar-refractivity contribution in [3.63, 3.8) is 0 Å². The van der Waals surface area contributed by atoms with Gasteiger partial charge in [-0.25, -0.2) is 0 Å². The molecule has 156 valence electrons. The average molecular weight is 409 g/mol. The first-order chi connectivity index (χ1) is 13.8. The molecule has 0 radical (unpaired) electrons. The van der Waals surface area contributed by atoms with Crippen molar-refractivity contribution >= 4 is 5.91 Å². The molecule has 3 rings (SSSR count). The number of alkyl halides is 3. The van der Waals surface area contributed by atoms with E-state index in [1.54, 1.807) is 0 Å². The number of carbonyl (C=O) groups excluding carboxylic acids is 1. The van der Waals surface area contributed by atoms with Crippen LogP contribution in [0.4, 0.5) is 13.2 Å². The van der Waals surface area contributed by atoms with Gasteiger partial charge in [-0.1, -0.05) is 30.3 Å². The number of amides is 1. The molecule has 0 saturated carbocycles. The van der Waals surface area contributed by atoms with Crippen molar-refractivity contribution in [1.29, 1.82) is 0 Å². The topological polar surface area (TPSA) is 67.8 Å². The van der Waals surface area contributed by atoms with E-state index in [4.69, 9.17) is 4.74 Å². The Labute approximate surface area is 166 Å². The summed E-state index contributed by atoms with van der Waals surface area (Å²) in [7, 11) is 0. The van der Waals surface area contributed by atoms with Crippen molar-refractivity contribution in [2.24, 2.45) is 5.92 Å². The zero-order valence-electron chi connectivity index (χ0n) is 15.6. The highest BCUT2D eigenvalue weighted by molar-refractivity contribution is 5.94. The van der Waals surface area contributed by atoms with E-state index in [9.17, 15) is 23.1 Å². The Morgan fingerprint density at radius 2 is 1.69 bits per heavy atom. The van der Waals surface area contributed by atoms with Crippen molar-refractivity contribution in [3.05, 3.63) is 65.7 Å². The Kier molecular flexibility index (Phi) is 6.44. The molecule has 0 spiro atoms. The zero-order valence-corrected chi connectivity index (χ0v) is 15.6. The monoisotopic (exact) mass is 409 g/mol. The number of rotatable bonds is 6. The van der Waals surface area contributed by atoms with Crippen molar-refractivity contribution in [1.82, 2.24) is 5.32 Å². The van der Waals surface area contributed by atoms with Crippen LogP contribution in [-0.2, 0) is 10.3 Å². The van der Waals surface area contributed by atoms with E-state index in [0.29, 0.717) is 31.6 Å². The Bertz CT molecular complexity index is 805. The molecule has 1 aliphatic rings. The molecule has 5 nitrogen and oxygen atoms in total. The lowest BCUT2D eigenvalue weighted by Crippen LogP contribution is -2.47. The fourth-order valence-corrected chi connectivity index (χ4v) is 3.51. The minimum atomic E-state index is -4.79. The van der Waals surface area contributed by atoms with E-state index in [1.165, 1.54) is 12.1 Å². The molecule has 2 N–H and O–H groups in total. The second-order valence-corrected chi connectivity index (χ2v) is 6.93. The van der Waals surface area contributed by atoms with Gasteiger partial charge in [0.1, 0.15) is 11.4 Å². The minimum Gasteiger partial charge on any atom is -0.406 e. The highest BCUT2D eigenvalue weighted by Gasteiger charge is 2.39. The fourth-order valence-electron chi connectivity index (χ4n) is 3.51. The summed E-state index contributed by atoms with van der Waals surface area (Å²) in [6.45, 7) is 1.05. The fraction of sp³-hybridized carbons (Fsp3) is 0.381. The number of halogens is 3. The average Bonchev–Trinajstić information content (AvgIpc) is 2.72. The van der Waals surface area contributed by atoms with E-state index in [0.717, 1.165) is 12.1 Å².